The van der Waals surface area contributed by atoms with Gasteiger partial charge in [0.2, 0.25) is 0 Å². The second-order valence-corrected chi connectivity index (χ2v) is 5.13. The zero-order valence-corrected chi connectivity index (χ0v) is 9.65. The topological polar surface area (TPSA) is 107 Å². The Bertz CT molecular complexity index is 313. The van der Waals surface area contributed by atoms with Gasteiger partial charge in [-0.25, -0.2) is 4.79 Å². The molecule has 0 saturated carbocycles. The number of hydrogen-bond donors (Lipinski definition) is 3. The largest absolute Gasteiger partial charge is 0.479 e. The van der Waals surface area contributed by atoms with E-state index in [0.717, 1.165) is 4.31 Å². The first kappa shape index (κ1) is 14.3. The Labute approximate surface area is 88.9 Å². The van der Waals surface area contributed by atoms with Crippen molar-refractivity contribution in [2.45, 2.75) is 26.0 Å². The number of nitrogens with zero attached hydrogens (tertiary/aromatic N) is 1. The fraction of sp³-hybridized carbons (Fsp3) is 0.857. The normalized spacial score (nSPS) is 14.5. The minimum Gasteiger partial charge on any atom is -0.479 e. The highest BCUT2D eigenvalue weighted by Gasteiger charge is 2.22. The van der Waals surface area contributed by atoms with Gasteiger partial charge in [0.25, 0.3) is 10.2 Å². The number of nitrogens with one attached hydrogen (secondary N) is 1. The number of carboxylic acids is 1. The molecule has 90 valence electrons. The molecule has 1 unspecified atom stereocenters. The summed E-state index contributed by atoms with van der Waals surface area (Å²) >= 11 is 0. The Balaban J connectivity index is 4.35. The first-order valence-electron chi connectivity index (χ1n) is 4.32. The molecule has 1 atom stereocenters. The lowest BCUT2D eigenvalue weighted by molar-refractivity contribution is -0.146. The summed E-state index contributed by atoms with van der Waals surface area (Å²) in [5, 5.41) is 17.2. The minimum absolute atomic E-state index is 0.246. The summed E-state index contributed by atoms with van der Waals surface area (Å²) in [6.07, 6.45) is -1.74. The molecule has 0 aliphatic carbocycles. The van der Waals surface area contributed by atoms with Crippen molar-refractivity contribution in [3.8, 4) is 0 Å². The van der Waals surface area contributed by atoms with Gasteiger partial charge in [0, 0.05) is 19.6 Å². The quantitative estimate of drug-likeness (QED) is 0.529. The zero-order chi connectivity index (χ0) is 12.2. The second kappa shape index (κ2) is 5.40. The third kappa shape index (κ3) is 4.56. The molecule has 0 aromatic heterocycles. The van der Waals surface area contributed by atoms with E-state index < -0.39 is 28.8 Å². The van der Waals surface area contributed by atoms with Crippen LogP contribution >= 0.6 is 0 Å². The number of rotatable bonds is 6. The summed E-state index contributed by atoms with van der Waals surface area (Å²) in [5.41, 5.74) is 0. The second-order valence-electron chi connectivity index (χ2n) is 3.32. The summed E-state index contributed by atoms with van der Waals surface area (Å²) in [6.45, 7) is 2.80. The minimum atomic E-state index is -3.73. The Morgan fingerprint density at radius 1 is 1.47 bits per heavy atom. The SMILES string of the molecule is CC(C)N(C)S(=O)(=O)NCC(O)C(=O)O. The lowest BCUT2D eigenvalue weighted by Crippen LogP contribution is -2.45. The maximum atomic E-state index is 11.4. The molecule has 0 fully saturated rings. The molecule has 3 N–H and O–H groups in total. The third-order valence-corrected chi connectivity index (χ3v) is 3.56. The van der Waals surface area contributed by atoms with Crippen LogP contribution in [0, 0.1) is 0 Å². The Morgan fingerprint density at radius 3 is 2.27 bits per heavy atom. The van der Waals surface area contributed by atoms with E-state index in [4.69, 9.17) is 10.2 Å². The maximum absolute atomic E-state index is 11.4. The standard InChI is InChI=1S/C7H16N2O5S/c1-5(2)9(3)15(13,14)8-4-6(10)7(11)12/h5-6,8,10H,4H2,1-3H3,(H,11,12). The van der Waals surface area contributed by atoms with E-state index in [2.05, 4.69) is 0 Å². The smallest absolute Gasteiger partial charge is 0.333 e. The Kier molecular flexibility index (Phi) is 5.15. The van der Waals surface area contributed by atoms with Gasteiger partial charge in [-0.2, -0.15) is 17.4 Å². The molecule has 0 aromatic rings. The molecular formula is C7H16N2O5S. The predicted molar refractivity (Wildman–Crippen MR) is 53.5 cm³/mol. The van der Waals surface area contributed by atoms with E-state index in [-0.39, 0.29) is 6.04 Å². The van der Waals surface area contributed by atoms with Gasteiger partial charge in [-0.15, -0.1) is 0 Å². The van der Waals surface area contributed by atoms with E-state index in [1.54, 1.807) is 13.8 Å². The Morgan fingerprint density at radius 2 is 1.93 bits per heavy atom. The molecule has 0 saturated heterocycles. The van der Waals surface area contributed by atoms with Crippen LogP contribution in [0.1, 0.15) is 13.8 Å². The number of aliphatic hydroxyl groups excluding tert-OH is 1. The fourth-order valence-electron chi connectivity index (χ4n) is 0.651. The molecule has 0 bridgehead atoms. The van der Waals surface area contributed by atoms with Crippen LogP contribution in [-0.4, -0.2) is 54.6 Å². The summed E-state index contributed by atoms with van der Waals surface area (Å²) in [6, 6.07) is -0.246. The molecular weight excluding hydrogens is 224 g/mol. The fourth-order valence-corrected chi connectivity index (χ4v) is 1.78. The highest BCUT2D eigenvalue weighted by molar-refractivity contribution is 7.87. The average molecular weight is 240 g/mol. The Hall–Kier alpha value is -0.700. The van der Waals surface area contributed by atoms with Gasteiger partial charge in [-0.1, -0.05) is 0 Å². The lowest BCUT2D eigenvalue weighted by atomic mass is 10.4. The van der Waals surface area contributed by atoms with Crippen LogP contribution in [0.2, 0.25) is 0 Å². The van der Waals surface area contributed by atoms with E-state index in [1.807, 2.05) is 4.72 Å². The van der Waals surface area contributed by atoms with Crippen molar-refractivity contribution >= 4 is 16.2 Å². The molecule has 0 rings (SSSR count). The number of carbonyl (C=O) groups is 1. The van der Waals surface area contributed by atoms with Crippen molar-refractivity contribution in [2.75, 3.05) is 13.6 Å². The zero-order valence-electron chi connectivity index (χ0n) is 8.84. The molecule has 0 heterocycles. The molecule has 0 radical (unpaired) electrons. The third-order valence-electron chi connectivity index (χ3n) is 1.85. The van der Waals surface area contributed by atoms with Gasteiger partial charge in [-0.05, 0) is 13.8 Å². The van der Waals surface area contributed by atoms with Crippen molar-refractivity contribution in [2.24, 2.45) is 0 Å². The average Bonchev–Trinajstić information content (AvgIpc) is 2.12. The van der Waals surface area contributed by atoms with Crippen LogP contribution in [0.5, 0.6) is 0 Å². The summed E-state index contributed by atoms with van der Waals surface area (Å²) in [4.78, 5) is 10.2. The van der Waals surface area contributed by atoms with Crippen molar-refractivity contribution < 1.29 is 23.4 Å². The number of aliphatic carboxylic acids is 1. The van der Waals surface area contributed by atoms with Gasteiger partial charge in [-0.3, -0.25) is 0 Å². The molecule has 0 aliphatic rings. The van der Waals surface area contributed by atoms with Crippen molar-refractivity contribution in [1.29, 1.82) is 0 Å². The first-order chi connectivity index (χ1) is 6.68. The summed E-state index contributed by atoms with van der Waals surface area (Å²) in [7, 11) is -2.37. The maximum Gasteiger partial charge on any atom is 0.333 e. The molecule has 0 amide bonds. The van der Waals surface area contributed by atoms with Crippen LogP contribution in [0.25, 0.3) is 0 Å². The molecule has 0 aromatic carbocycles. The monoisotopic (exact) mass is 240 g/mol. The number of hydrogen-bond acceptors (Lipinski definition) is 4. The van der Waals surface area contributed by atoms with Crippen molar-refractivity contribution in [3.05, 3.63) is 0 Å². The van der Waals surface area contributed by atoms with Crippen LogP contribution in [0.3, 0.4) is 0 Å². The van der Waals surface area contributed by atoms with Gasteiger partial charge >= 0.3 is 5.97 Å². The van der Waals surface area contributed by atoms with Crippen LogP contribution < -0.4 is 4.72 Å². The predicted octanol–water partition coefficient (Wildman–Crippen LogP) is -1.39. The molecule has 7 nitrogen and oxygen atoms in total. The van der Waals surface area contributed by atoms with Gasteiger partial charge in [0.15, 0.2) is 6.10 Å². The van der Waals surface area contributed by atoms with Gasteiger partial charge < -0.3 is 10.2 Å². The summed E-state index contributed by atoms with van der Waals surface area (Å²) in [5.74, 6) is -1.47. The molecule has 15 heavy (non-hydrogen) atoms. The van der Waals surface area contributed by atoms with E-state index >= 15 is 0 Å². The van der Waals surface area contributed by atoms with E-state index in [1.165, 1.54) is 7.05 Å². The first-order valence-corrected chi connectivity index (χ1v) is 5.76. The van der Waals surface area contributed by atoms with Crippen LogP contribution in [0.15, 0.2) is 0 Å². The van der Waals surface area contributed by atoms with Crippen molar-refractivity contribution in [3.63, 3.8) is 0 Å². The van der Waals surface area contributed by atoms with Crippen molar-refractivity contribution in [1.82, 2.24) is 9.03 Å². The number of aliphatic hydroxyl groups is 1. The van der Waals surface area contributed by atoms with Gasteiger partial charge in [0.05, 0.1) is 0 Å². The van der Waals surface area contributed by atoms with E-state index in [0.29, 0.717) is 0 Å². The lowest BCUT2D eigenvalue weighted by Gasteiger charge is -2.21. The highest BCUT2D eigenvalue weighted by atomic mass is 32.2. The number of carboxylic acid groups (broad SMARTS) is 1. The van der Waals surface area contributed by atoms with Crippen LogP contribution in [-0.2, 0) is 15.0 Å². The van der Waals surface area contributed by atoms with E-state index in [9.17, 15) is 13.2 Å². The molecule has 0 aliphatic heterocycles. The summed E-state index contributed by atoms with van der Waals surface area (Å²) < 4.78 is 25.9. The highest BCUT2D eigenvalue weighted by Crippen LogP contribution is 2.00. The van der Waals surface area contributed by atoms with Crippen LogP contribution in [0.4, 0.5) is 0 Å². The molecule has 8 heteroatoms. The molecule has 0 spiro atoms. The van der Waals surface area contributed by atoms with Gasteiger partial charge in [0.1, 0.15) is 0 Å².